The Kier molecular flexibility index (Phi) is 7.04. The monoisotopic (exact) mass is 463 g/mol. The number of para-hydroxylation sites is 1. The molecule has 2 N–H and O–H groups in total. The Hall–Kier alpha value is -3.65. The van der Waals surface area contributed by atoms with E-state index in [0.29, 0.717) is 22.6 Å². The van der Waals surface area contributed by atoms with Crippen molar-refractivity contribution in [3.05, 3.63) is 95.3 Å². The highest BCUT2D eigenvalue weighted by molar-refractivity contribution is 8.00. The first-order chi connectivity index (χ1) is 16.0. The molecule has 0 fully saturated rings. The van der Waals surface area contributed by atoms with Gasteiger partial charge in [-0.15, -0.1) is 11.8 Å². The van der Waals surface area contributed by atoms with Crippen LogP contribution in [0.2, 0.25) is 0 Å². The molecule has 0 bridgehead atoms. The molecule has 3 amide bonds. The number of anilines is 1. The maximum absolute atomic E-state index is 13.0. The zero-order valence-corrected chi connectivity index (χ0v) is 18.5. The van der Waals surface area contributed by atoms with Crippen molar-refractivity contribution in [3.8, 4) is 0 Å². The van der Waals surface area contributed by atoms with E-state index < -0.39 is 11.8 Å². The first-order valence-electron chi connectivity index (χ1n) is 10.4. The van der Waals surface area contributed by atoms with Crippen molar-refractivity contribution in [2.24, 2.45) is 0 Å². The quantitative estimate of drug-likeness (QED) is 0.433. The standard InChI is InChI=1S/C25H22FN3O3S/c26-19-11-9-17(10-12-19)15-23(30)27-28-25(32)20-6-2-4-8-22(20)33-16-24(31)29-14-13-18-5-1-3-7-21(18)29/h1-12H,13-16H2,(H,27,30)(H,28,32). The molecule has 0 saturated heterocycles. The molecule has 1 heterocycles. The number of amides is 3. The molecule has 0 radical (unpaired) electrons. The van der Waals surface area contributed by atoms with E-state index in [1.165, 1.54) is 36.0 Å². The zero-order valence-electron chi connectivity index (χ0n) is 17.7. The number of nitrogens with one attached hydrogen (secondary N) is 2. The van der Waals surface area contributed by atoms with Crippen LogP contribution in [0, 0.1) is 5.82 Å². The summed E-state index contributed by atoms with van der Waals surface area (Å²) in [5.41, 5.74) is 7.87. The van der Waals surface area contributed by atoms with Crippen LogP contribution in [0.1, 0.15) is 21.5 Å². The van der Waals surface area contributed by atoms with Crippen LogP contribution in [0.15, 0.2) is 77.7 Å². The second-order valence-corrected chi connectivity index (χ2v) is 8.53. The van der Waals surface area contributed by atoms with Crippen LogP contribution < -0.4 is 15.8 Å². The van der Waals surface area contributed by atoms with Crippen molar-refractivity contribution in [2.75, 3.05) is 17.2 Å². The van der Waals surface area contributed by atoms with Crippen LogP contribution in [0.25, 0.3) is 0 Å². The molecule has 0 atom stereocenters. The van der Waals surface area contributed by atoms with Crippen molar-refractivity contribution >= 4 is 35.2 Å². The molecule has 8 heteroatoms. The molecular weight excluding hydrogens is 441 g/mol. The summed E-state index contributed by atoms with van der Waals surface area (Å²) in [6.07, 6.45) is 0.839. The lowest BCUT2D eigenvalue weighted by atomic mass is 10.1. The third kappa shape index (κ3) is 5.59. The highest BCUT2D eigenvalue weighted by Gasteiger charge is 2.24. The maximum Gasteiger partial charge on any atom is 0.270 e. The summed E-state index contributed by atoms with van der Waals surface area (Å²) in [7, 11) is 0. The molecule has 0 spiro atoms. The number of carbonyl (C=O) groups excluding carboxylic acids is 3. The van der Waals surface area contributed by atoms with Crippen molar-refractivity contribution in [3.63, 3.8) is 0 Å². The Morgan fingerprint density at radius 1 is 0.909 bits per heavy atom. The Labute approximate surface area is 195 Å². The van der Waals surface area contributed by atoms with E-state index in [0.717, 1.165) is 17.7 Å². The number of thioether (sulfide) groups is 1. The van der Waals surface area contributed by atoms with Gasteiger partial charge in [-0.3, -0.25) is 25.2 Å². The maximum atomic E-state index is 13.0. The topological polar surface area (TPSA) is 78.5 Å². The second-order valence-electron chi connectivity index (χ2n) is 7.51. The van der Waals surface area contributed by atoms with Gasteiger partial charge in [-0.2, -0.15) is 0 Å². The van der Waals surface area contributed by atoms with Crippen LogP contribution in [0.5, 0.6) is 0 Å². The van der Waals surface area contributed by atoms with Gasteiger partial charge in [0, 0.05) is 17.1 Å². The molecule has 3 aromatic rings. The Morgan fingerprint density at radius 2 is 1.64 bits per heavy atom. The number of hydrogen-bond donors (Lipinski definition) is 2. The number of hydrazine groups is 1. The minimum Gasteiger partial charge on any atom is -0.311 e. The average molecular weight is 464 g/mol. The molecule has 6 nitrogen and oxygen atoms in total. The van der Waals surface area contributed by atoms with Gasteiger partial charge in [-0.1, -0.05) is 42.5 Å². The second kappa shape index (κ2) is 10.3. The molecule has 3 aromatic carbocycles. The summed E-state index contributed by atoms with van der Waals surface area (Å²) >= 11 is 1.28. The number of carbonyl (C=O) groups is 3. The summed E-state index contributed by atoms with van der Waals surface area (Å²) in [5.74, 6) is -1.12. The summed E-state index contributed by atoms with van der Waals surface area (Å²) in [6, 6.07) is 20.4. The number of benzene rings is 3. The van der Waals surface area contributed by atoms with E-state index in [9.17, 15) is 18.8 Å². The number of fused-ring (bicyclic) bond motifs is 1. The third-order valence-corrected chi connectivity index (χ3v) is 6.32. The van der Waals surface area contributed by atoms with Crippen molar-refractivity contribution in [1.29, 1.82) is 0 Å². The number of halogens is 1. The highest BCUT2D eigenvalue weighted by atomic mass is 32.2. The van der Waals surface area contributed by atoms with E-state index in [2.05, 4.69) is 10.9 Å². The highest BCUT2D eigenvalue weighted by Crippen LogP contribution is 2.29. The normalized spacial score (nSPS) is 12.2. The van der Waals surface area contributed by atoms with Gasteiger partial charge in [-0.25, -0.2) is 4.39 Å². The van der Waals surface area contributed by atoms with Crippen molar-refractivity contribution in [2.45, 2.75) is 17.7 Å². The number of nitrogens with zero attached hydrogens (tertiary/aromatic N) is 1. The molecular formula is C25H22FN3O3S. The van der Waals surface area contributed by atoms with Crippen LogP contribution in [-0.2, 0) is 22.4 Å². The summed E-state index contributed by atoms with van der Waals surface area (Å²) in [5, 5.41) is 0. The third-order valence-electron chi connectivity index (χ3n) is 5.26. The largest absolute Gasteiger partial charge is 0.311 e. The fourth-order valence-corrected chi connectivity index (χ4v) is 4.55. The van der Waals surface area contributed by atoms with E-state index in [4.69, 9.17) is 0 Å². The average Bonchev–Trinajstić information content (AvgIpc) is 3.27. The van der Waals surface area contributed by atoms with Gasteiger partial charge in [0.1, 0.15) is 5.82 Å². The van der Waals surface area contributed by atoms with E-state index in [-0.39, 0.29) is 23.9 Å². The lowest BCUT2D eigenvalue weighted by Gasteiger charge is -2.17. The molecule has 168 valence electrons. The van der Waals surface area contributed by atoms with Gasteiger partial charge in [0.15, 0.2) is 0 Å². The van der Waals surface area contributed by atoms with E-state index in [1.807, 2.05) is 24.3 Å². The predicted octanol–water partition coefficient (Wildman–Crippen LogP) is 3.51. The fraction of sp³-hybridized carbons (Fsp3) is 0.160. The number of rotatable bonds is 6. The van der Waals surface area contributed by atoms with Gasteiger partial charge in [0.25, 0.3) is 5.91 Å². The molecule has 0 saturated carbocycles. The summed E-state index contributed by atoms with van der Waals surface area (Å²) in [6.45, 7) is 0.654. The van der Waals surface area contributed by atoms with Crippen molar-refractivity contribution in [1.82, 2.24) is 10.9 Å². The first kappa shape index (κ1) is 22.5. The lowest BCUT2D eigenvalue weighted by molar-refractivity contribution is -0.121. The van der Waals surface area contributed by atoms with Gasteiger partial charge in [0.05, 0.1) is 17.7 Å². The smallest absolute Gasteiger partial charge is 0.270 e. The molecule has 0 aliphatic carbocycles. The van der Waals surface area contributed by atoms with Gasteiger partial charge < -0.3 is 4.90 Å². The van der Waals surface area contributed by atoms with Crippen LogP contribution in [0.3, 0.4) is 0 Å². The molecule has 1 aliphatic rings. The zero-order chi connectivity index (χ0) is 23.2. The summed E-state index contributed by atoms with van der Waals surface area (Å²) in [4.78, 5) is 40.0. The fourth-order valence-electron chi connectivity index (χ4n) is 3.62. The number of hydrogen-bond acceptors (Lipinski definition) is 4. The lowest BCUT2D eigenvalue weighted by Crippen LogP contribution is -2.42. The van der Waals surface area contributed by atoms with Crippen LogP contribution >= 0.6 is 11.8 Å². The molecule has 0 unspecified atom stereocenters. The van der Waals surface area contributed by atoms with E-state index in [1.54, 1.807) is 29.2 Å². The van der Waals surface area contributed by atoms with Crippen LogP contribution in [-0.4, -0.2) is 30.0 Å². The SMILES string of the molecule is O=C(Cc1ccc(F)cc1)NNC(=O)c1ccccc1SCC(=O)N1CCc2ccccc21. The van der Waals surface area contributed by atoms with Gasteiger partial charge in [0.2, 0.25) is 11.8 Å². The van der Waals surface area contributed by atoms with Gasteiger partial charge >= 0.3 is 0 Å². The molecule has 0 aromatic heterocycles. The van der Waals surface area contributed by atoms with E-state index >= 15 is 0 Å². The van der Waals surface area contributed by atoms with Crippen LogP contribution in [0.4, 0.5) is 10.1 Å². The Morgan fingerprint density at radius 3 is 2.45 bits per heavy atom. The minimum atomic E-state index is -0.482. The molecule has 1 aliphatic heterocycles. The van der Waals surface area contributed by atoms with Crippen molar-refractivity contribution < 1.29 is 18.8 Å². The predicted molar refractivity (Wildman–Crippen MR) is 125 cm³/mol. The summed E-state index contributed by atoms with van der Waals surface area (Å²) < 4.78 is 13.0. The van der Waals surface area contributed by atoms with Gasteiger partial charge in [-0.05, 0) is 47.9 Å². The minimum absolute atomic E-state index is 0.00275. The molecule has 33 heavy (non-hydrogen) atoms. The first-order valence-corrected chi connectivity index (χ1v) is 11.4. The Bertz CT molecular complexity index is 1180. The molecule has 4 rings (SSSR count). The Balaban J connectivity index is 1.33.